The molecular formula is C14H24N4O2. The molecule has 1 aromatic rings. The second kappa shape index (κ2) is 6.26. The van der Waals surface area contributed by atoms with E-state index in [1.807, 2.05) is 43.6 Å². The summed E-state index contributed by atoms with van der Waals surface area (Å²) in [5.41, 5.74) is 2.13. The molecule has 0 saturated carbocycles. The minimum absolute atomic E-state index is 0.0295. The summed E-state index contributed by atoms with van der Waals surface area (Å²) >= 11 is 0. The summed E-state index contributed by atoms with van der Waals surface area (Å²) in [6.07, 6.45) is 2.80. The first kappa shape index (κ1) is 14.8. The van der Waals surface area contributed by atoms with Crippen molar-refractivity contribution in [2.75, 3.05) is 19.7 Å². The van der Waals surface area contributed by atoms with Crippen LogP contribution in [0.5, 0.6) is 0 Å². The highest BCUT2D eigenvalue weighted by molar-refractivity contribution is 5.74. The first-order chi connectivity index (χ1) is 9.49. The lowest BCUT2D eigenvalue weighted by molar-refractivity contribution is 0.0709. The van der Waals surface area contributed by atoms with Crippen molar-refractivity contribution in [1.82, 2.24) is 20.0 Å². The number of rotatable bonds is 2. The lowest BCUT2D eigenvalue weighted by atomic mass is 10.1. The van der Waals surface area contributed by atoms with E-state index in [1.54, 1.807) is 0 Å². The van der Waals surface area contributed by atoms with Gasteiger partial charge < -0.3 is 15.0 Å². The second-order valence-corrected chi connectivity index (χ2v) is 5.46. The van der Waals surface area contributed by atoms with Gasteiger partial charge in [0.2, 0.25) is 0 Å². The fourth-order valence-corrected chi connectivity index (χ4v) is 2.47. The van der Waals surface area contributed by atoms with Crippen LogP contribution in [0, 0.1) is 6.92 Å². The van der Waals surface area contributed by atoms with Crippen LogP contribution in [0.1, 0.15) is 37.6 Å². The van der Waals surface area contributed by atoms with Gasteiger partial charge in [0.15, 0.2) is 0 Å². The van der Waals surface area contributed by atoms with E-state index < -0.39 is 0 Å². The van der Waals surface area contributed by atoms with Crippen molar-refractivity contribution in [3.8, 4) is 0 Å². The van der Waals surface area contributed by atoms with Crippen molar-refractivity contribution >= 4 is 6.03 Å². The van der Waals surface area contributed by atoms with Gasteiger partial charge in [0.25, 0.3) is 0 Å². The van der Waals surface area contributed by atoms with Gasteiger partial charge in [-0.1, -0.05) is 0 Å². The molecule has 2 unspecified atom stereocenters. The van der Waals surface area contributed by atoms with Crippen LogP contribution in [0.15, 0.2) is 6.20 Å². The molecule has 6 nitrogen and oxygen atoms in total. The molecule has 2 heterocycles. The molecule has 1 fully saturated rings. The Morgan fingerprint density at radius 3 is 3.00 bits per heavy atom. The maximum Gasteiger partial charge on any atom is 0.317 e. The van der Waals surface area contributed by atoms with Crippen LogP contribution in [-0.2, 0) is 11.8 Å². The Kier molecular flexibility index (Phi) is 4.65. The monoisotopic (exact) mass is 280 g/mol. The molecule has 1 aliphatic heterocycles. The normalized spacial score (nSPS) is 21.4. The zero-order valence-corrected chi connectivity index (χ0v) is 12.7. The van der Waals surface area contributed by atoms with Crippen molar-refractivity contribution in [2.24, 2.45) is 7.05 Å². The van der Waals surface area contributed by atoms with Gasteiger partial charge in [0.05, 0.1) is 18.3 Å². The molecule has 0 aliphatic carbocycles. The number of hydrogen-bond acceptors (Lipinski definition) is 3. The van der Waals surface area contributed by atoms with Gasteiger partial charge in [-0.15, -0.1) is 0 Å². The van der Waals surface area contributed by atoms with Gasteiger partial charge in [-0.25, -0.2) is 4.79 Å². The number of carbonyl (C=O) groups excluding carboxylic acids is 1. The van der Waals surface area contributed by atoms with Gasteiger partial charge >= 0.3 is 6.03 Å². The van der Waals surface area contributed by atoms with E-state index in [0.29, 0.717) is 6.54 Å². The molecule has 0 spiro atoms. The van der Waals surface area contributed by atoms with Crippen molar-refractivity contribution < 1.29 is 9.53 Å². The number of urea groups is 1. The molecule has 6 heteroatoms. The Hall–Kier alpha value is -1.56. The zero-order chi connectivity index (χ0) is 14.7. The number of aryl methyl sites for hydroxylation is 1. The fourth-order valence-electron chi connectivity index (χ4n) is 2.47. The number of hydrogen-bond donors (Lipinski definition) is 1. The summed E-state index contributed by atoms with van der Waals surface area (Å²) in [6, 6.07) is -0.0752. The Balaban J connectivity index is 1.98. The van der Waals surface area contributed by atoms with Crippen LogP contribution in [-0.4, -0.2) is 46.5 Å². The third-order valence-corrected chi connectivity index (χ3v) is 3.82. The quantitative estimate of drug-likeness (QED) is 0.895. The van der Waals surface area contributed by atoms with Gasteiger partial charge in [-0.3, -0.25) is 4.68 Å². The molecular weight excluding hydrogens is 256 g/mol. The number of aromatic nitrogens is 2. The van der Waals surface area contributed by atoms with Gasteiger partial charge in [-0.2, -0.15) is 5.10 Å². The number of ether oxygens (including phenoxy) is 1. The highest BCUT2D eigenvalue weighted by atomic mass is 16.5. The van der Waals surface area contributed by atoms with E-state index in [9.17, 15) is 4.79 Å². The topological polar surface area (TPSA) is 59.4 Å². The molecule has 1 saturated heterocycles. The summed E-state index contributed by atoms with van der Waals surface area (Å²) in [5.74, 6) is 0. The molecule has 20 heavy (non-hydrogen) atoms. The van der Waals surface area contributed by atoms with Crippen molar-refractivity contribution in [1.29, 1.82) is 0 Å². The average Bonchev–Trinajstić information content (AvgIpc) is 2.62. The van der Waals surface area contributed by atoms with E-state index in [4.69, 9.17) is 4.74 Å². The Morgan fingerprint density at radius 2 is 2.35 bits per heavy atom. The smallest absolute Gasteiger partial charge is 0.317 e. The zero-order valence-electron chi connectivity index (χ0n) is 12.7. The molecule has 0 radical (unpaired) electrons. The molecule has 0 bridgehead atoms. The summed E-state index contributed by atoms with van der Waals surface area (Å²) < 4.78 is 7.38. The van der Waals surface area contributed by atoms with Crippen LogP contribution in [0.2, 0.25) is 0 Å². The Bertz CT molecular complexity index is 472. The predicted octanol–water partition coefficient (Wildman–Crippen LogP) is 1.61. The summed E-state index contributed by atoms with van der Waals surface area (Å²) in [4.78, 5) is 14.2. The first-order valence-electron chi connectivity index (χ1n) is 7.14. The molecule has 112 valence electrons. The van der Waals surface area contributed by atoms with E-state index >= 15 is 0 Å². The summed E-state index contributed by atoms with van der Waals surface area (Å²) in [6.45, 7) is 8.11. The standard InChI is InChI=1S/C14H24N4O2/c1-10-9-18(6-5-7-20-10)14(19)16-11(2)13-8-15-17(4)12(13)3/h8,10-11H,5-7,9H2,1-4H3,(H,16,19). The predicted molar refractivity (Wildman–Crippen MR) is 76.5 cm³/mol. The van der Waals surface area contributed by atoms with Crippen LogP contribution in [0.25, 0.3) is 0 Å². The molecule has 2 amide bonds. The minimum atomic E-state index is -0.0457. The maximum absolute atomic E-state index is 12.3. The van der Waals surface area contributed by atoms with Crippen LogP contribution >= 0.6 is 0 Å². The van der Waals surface area contributed by atoms with Crippen molar-refractivity contribution in [2.45, 2.75) is 39.3 Å². The third-order valence-electron chi connectivity index (χ3n) is 3.82. The molecule has 1 N–H and O–H groups in total. The first-order valence-corrected chi connectivity index (χ1v) is 7.14. The Labute approximate surface area is 120 Å². The lowest BCUT2D eigenvalue weighted by Crippen LogP contribution is -2.43. The summed E-state index contributed by atoms with van der Waals surface area (Å²) in [5, 5.41) is 7.26. The van der Waals surface area contributed by atoms with Gasteiger partial charge in [0.1, 0.15) is 0 Å². The minimum Gasteiger partial charge on any atom is -0.377 e. The van der Waals surface area contributed by atoms with E-state index in [2.05, 4.69) is 10.4 Å². The maximum atomic E-state index is 12.3. The van der Waals surface area contributed by atoms with Gasteiger partial charge in [0, 0.05) is 38.0 Å². The van der Waals surface area contributed by atoms with Crippen molar-refractivity contribution in [3.05, 3.63) is 17.5 Å². The molecule has 2 rings (SSSR count). The largest absolute Gasteiger partial charge is 0.377 e. The van der Waals surface area contributed by atoms with Crippen LogP contribution < -0.4 is 5.32 Å². The van der Waals surface area contributed by atoms with E-state index in [0.717, 1.165) is 30.8 Å². The van der Waals surface area contributed by atoms with E-state index in [-0.39, 0.29) is 18.2 Å². The van der Waals surface area contributed by atoms with Gasteiger partial charge in [-0.05, 0) is 27.2 Å². The number of carbonyl (C=O) groups is 1. The third kappa shape index (κ3) is 3.30. The van der Waals surface area contributed by atoms with Crippen molar-refractivity contribution in [3.63, 3.8) is 0 Å². The fraction of sp³-hybridized carbons (Fsp3) is 0.714. The lowest BCUT2D eigenvalue weighted by Gasteiger charge is -2.24. The number of amides is 2. The molecule has 2 atom stereocenters. The Morgan fingerprint density at radius 1 is 1.60 bits per heavy atom. The number of nitrogens with one attached hydrogen (secondary N) is 1. The highest BCUT2D eigenvalue weighted by Crippen LogP contribution is 2.16. The highest BCUT2D eigenvalue weighted by Gasteiger charge is 2.22. The summed E-state index contributed by atoms with van der Waals surface area (Å²) in [7, 11) is 1.90. The van der Waals surface area contributed by atoms with Crippen LogP contribution in [0.4, 0.5) is 4.79 Å². The average molecular weight is 280 g/mol. The number of nitrogens with zero attached hydrogens (tertiary/aromatic N) is 3. The van der Waals surface area contributed by atoms with E-state index in [1.165, 1.54) is 0 Å². The molecule has 1 aromatic heterocycles. The molecule has 0 aromatic carbocycles. The second-order valence-electron chi connectivity index (χ2n) is 5.46. The van der Waals surface area contributed by atoms with Crippen LogP contribution in [0.3, 0.4) is 0 Å². The SMILES string of the molecule is Cc1c(C(C)NC(=O)N2CCCOC(C)C2)cnn1C. The molecule has 1 aliphatic rings.